The van der Waals surface area contributed by atoms with E-state index in [9.17, 15) is 0 Å². The molecule has 1 aromatic carbocycles. The zero-order chi connectivity index (χ0) is 14.6. The highest BCUT2D eigenvalue weighted by Crippen LogP contribution is 2.31. The number of ether oxygens (including phenoxy) is 1. The van der Waals surface area contributed by atoms with Crippen molar-refractivity contribution in [2.75, 3.05) is 25.5 Å². The lowest BCUT2D eigenvalue weighted by molar-refractivity contribution is 0.358. The minimum Gasteiger partial charge on any atom is -0.496 e. The predicted molar refractivity (Wildman–Crippen MR) is 83.1 cm³/mol. The van der Waals surface area contributed by atoms with Gasteiger partial charge < -0.3 is 15.8 Å². The average Bonchev–Trinajstić information content (AvgIpc) is 2.37. The molecule has 3 N–H and O–H groups in total. The Morgan fingerprint density at radius 1 is 1.21 bits per heavy atom. The second kappa shape index (κ2) is 6.29. The molecular weight excluding hydrogens is 236 g/mol. The summed E-state index contributed by atoms with van der Waals surface area (Å²) >= 11 is 0. The zero-order valence-corrected chi connectivity index (χ0v) is 13.2. The summed E-state index contributed by atoms with van der Waals surface area (Å²) in [6.45, 7) is 12.4. The summed E-state index contributed by atoms with van der Waals surface area (Å²) < 4.78 is 5.39. The van der Waals surface area contributed by atoms with Crippen molar-refractivity contribution < 1.29 is 4.74 Å². The van der Waals surface area contributed by atoms with Crippen molar-refractivity contribution in [2.45, 2.75) is 41.0 Å². The molecule has 0 aliphatic carbocycles. The van der Waals surface area contributed by atoms with Crippen molar-refractivity contribution in [2.24, 2.45) is 11.1 Å². The summed E-state index contributed by atoms with van der Waals surface area (Å²) in [6.07, 6.45) is 1.06. The molecule has 0 fully saturated rings. The molecule has 0 bridgehead atoms. The Morgan fingerprint density at radius 2 is 1.84 bits per heavy atom. The fourth-order valence-electron chi connectivity index (χ4n) is 2.16. The smallest absolute Gasteiger partial charge is 0.122 e. The van der Waals surface area contributed by atoms with Gasteiger partial charge in [-0.1, -0.05) is 13.8 Å². The maximum absolute atomic E-state index is 5.76. The first-order valence-corrected chi connectivity index (χ1v) is 6.91. The van der Waals surface area contributed by atoms with Crippen LogP contribution in [0, 0.1) is 26.2 Å². The van der Waals surface area contributed by atoms with Crippen molar-refractivity contribution in [3.05, 3.63) is 22.8 Å². The third-order valence-corrected chi connectivity index (χ3v) is 3.93. The minimum absolute atomic E-state index is 0.191. The standard InChI is InChI=1S/C16H28N2O/c1-11-9-14(19-6)12(2)13(3)15(11)18-8-7-16(4,5)10-17/h9,18H,7-8,10,17H2,1-6H3. The molecule has 0 radical (unpaired) electrons. The molecule has 0 aliphatic heterocycles. The third-order valence-electron chi connectivity index (χ3n) is 3.93. The van der Waals surface area contributed by atoms with Crippen LogP contribution in [-0.2, 0) is 0 Å². The highest BCUT2D eigenvalue weighted by Gasteiger charge is 2.16. The number of benzene rings is 1. The number of anilines is 1. The van der Waals surface area contributed by atoms with E-state index in [1.54, 1.807) is 7.11 Å². The number of nitrogens with one attached hydrogen (secondary N) is 1. The molecule has 0 heterocycles. The number of nitrogens with two attached hydrogens (primary N) is 1. The molecule has 19 heavy (non-hydrogen) atoms. The predicted octanol–water partition coefficient (Wildman–Crippen LogP) is 3.41. The number of aryl methyl sites for hydroxylation is 1. The van der Waals surface area contributed by atoms with Crippen molar-refractivity contribution in [1.29, 1.82) is 0 Å². The van der Waals surface area contributed by atoms with Crippen molar-refractivity contribution in [1.82, 2.24) is 0 Å². The van der Waals surface area contributed by atoms with Crippen LogP contribution in [-0.4, -0.2) is 20.2 Å². The molecule has 0 saturated heterocycles. The van der Waals surface area contributed by atoms with Gasteiger partial charge in [-0.2, -0.15) is 0 Å². The van der Waals surface area contributed by atoms with Gasteiger partial charge in [0.1, 0.15) is 5.75 Å². The van der Waals surface area contributed by atoms with E-state index in [0.29, 0.717) is 6.54 Å². The maximum Gasteiger partial charge on any atom is 0.122 e. The molecule has 108 valence electrons. The van der Waals surface area contributed by atoms with Crippen LogP contribution in [0.25, 0.3) is 0 Å². The van der Waals surface area contributed by atoms with Crippen LogP contribution in [0.15, 0.2) is 6.07 Å². The topological polar surface area (TPSA) is 47.3 Å². The molecule has 0 saturated carbocycles. The van der Waals surface area contributed by atoms with Crippen LogP contribution in [0.3, 0.4) is 0 Å². The molecule has 0 atom stereocenters. The van der Waals surface area contributed by atoms with E-state index in [2.05, 4.69) is 46.0 Å². The fraction of sp³-hybridized carbons (Fsp3) is 0.625. The van der Waals surface area contributed by atoms with E-state index >= 15 is 0 Å². The van der Waals surface area contributed by atoms with Gasteiger partial charge in [-0.25, -0.2) is 0 Å². The molecular formula is C16H28N2O. The first-order chi connectivity index (χ1) is 8.82. The summed E-state index contributed by atoms with van der Waals surface area (Å²) in [5.41, 5.74) is 10.9. The molecule has 3 heteroatoms. The highest BCUT2D eigenvalue weighted by molar-refractivity contribution is 5.63. The van der Waals surface area contributed by atoms with Crippen LogP contribution in [0.1, 0.15) is 37.0 Å². The molecule has 1 rings (SSSR count). The van der Waals surface area contributed by atoms with E-state index in [1.807, 2.05) is 0 Å². The van der Waals surface area contributed by atoms with Gasteiger partial charge in [0.15, 0.2) is 0 Å². The molecule has 0 spiro atoms. The van der Waals surface area contributed by atoms with Crippen molar-refractivity contribution in [3.63, 3.8) is 0 Å². The van der Waals surface area contributed by atoms with Gasteiger partial charge in [-0.15, -0.1) is 0 Å². The Morgan fingerprint density at radius 3 is 2.37 bits per heavy atom. The van der Waals surface area contributed by atoms with Gasteiger partial charge in [0.2, 0.25) is 0 Å². The van der Waals surface area contributed by atoms with Gasteiger partial charge in [0.25, 0.3) is 0 Å². The van der Waals surface area contributed by atoms with Crippen LogP contribution in [0.2, 0.25) is 0 Å². The maximum atomic E-state index is 5.76. The SMILES string of the molecule is COc1cc(C)c(NCCC(C)(C)CN)c(C)c1C. The number of methoxy groups -OCH3 is 1. The fourth-order valence-corrected chi connectivity index (χ4v) is 2.16. The Balaban J connectivity index is 2.82. The van der Waals surface area contributed by atoms with E-state index < -0.39 is 0 Å². The summed E-state index contributed by atoms with van der Waals surface area (Å²) in [7, 11) is 1.72. The summed E-state index contributed by atoms with van der Waals surface area (Å²) in [5.74, 6) is 0.961. The lowest BCUT2D eigenvalue weighted by Gasteiger charge is -2.24. The number of rotatable bonds is 6. The summed E-state index contributed by atoms with van der Waals surface area (Å²) in [4.78, 5) is 0. The van der Waals surface area contributed by atoms with Gasteiger partial charge >= 0.3 is 0 Å². The highest BCUT2D eigenvalue weighted by atomic mass is 16.5. The molecule has 0 aromatic heterocycles. The second-order valence-electron chi connectivity index (χ2n) is 6.07. The number of hydrogen-bond acceptors (Lipinski definition) is 3. The average molecular weight is 264 g/mol. The largest absolute Gasteiger partial charge is 0.496 e. The normalized spacial score (nSPS) is 11.5. The lowest BCUT2D eigenvalue weighted by atomic mass is 9.89. The van der Waals surface area contributed by atoms with Crippen LogP contribution in [0.4, 0.5) is 5.69 Å². The van der Waals surface area contributed by atoms with E-state index in [4.69, 9.17) is 10.5 Å². The van der Waals surface area contributed by atoms with E-state index in [1.165, 1.54) is 22.4 Å². The first-order valence-electron chi connectivity index (χ1n) is 6.91. The summed E-state index contributed by atoms with van der Waals surface area (Å²) in [5, 5.41) is 3.55. The van der Waals surface area contributed by atoms with Gasteiger partial charge in [-0.3, -0.25) is 0 Å². The second-order valence-corrected chi connectivity index (χ2v) is 6.07. The Bertz CT molecular complexity index is 439. The summed E-state index contributed by atoms with van der Waals surface area (Å²) in [6, 6.07) is 2.10. The first kappa shape index (κ1) is 15.8. The third kappa shape index (κ3) is 3.87. The van der Waals surface area contributed by atoms with Crippen LogP contribution in [0.5, 0.6) is 5.75 Å². The van der Waals surface area contributed by atoms with Crippen molar-refractivity contribution >= 4 is 5.69 Å². The Kier molecular flexibility index (Phi) is 5.24. The van der Waals surface area contributed by atoms with Gasteiger partial charge in [0, 0.05) is 12.2 Å². The molecule has 3 nitrogen and oxygen atoms in total. The van der Waals surface area contributed by atoms with Crippen LogP contribution >= 0.6 is 0 Å². The molecule has 0 amide bonds. The minimum atomic E-state index is 0.191. The lowest BCUT2D eigenvalue weighted by Crippen LogP contribution is -2.26. The molecule has 1 aromatic rings. The molecule has 0 aliphatic rings. The van der Waals surface area contributed by atoms with Gasteiger partial charge in [-0.05, 0) is 61.9 Å². The quantitative estimate of drug-likeness (QED) is 0.827. The Labute approximate surface area is 117 Å². The number of hydrogen-bond donors (Lipinski definition) is 2. The van der Waals surface area contributed by atoms with Crippen molar-refractivity contribution in [3.8, 4) is 5.75 Å². The Hall–Kier alpha value is -1.22. The monoisotopic (exact) mass is 264 g/mol. The van der Waals surface area contributed by atoms with E-state index in [0.717, 1.165) is 18.7 Å². The van der Waals surface area contributed by atoms with E-state index in [-0.39, 0.29) is 5.41 Å². The van der Waals surface area contributed by atoms with Gasteiger partial charge in [0.05, 0.1) is 7.11 Å². The molecule has 0 unspecified atom stereocenters. The van der Waals surface area contributed by atoms with Crippen LogP contribution < -0.4 is 15.8 Å². The zero-order valence-electron chi connectivity index (χ0n) is 13.2.